The maximum Gasteiger partial charge on any atom is 0.244 e. The summed E-state index contributed by atoms with van der Waals surface area (Å²) in [5, 5.41) is 25.6. The van der Waals surface area contributed by atoms with Crippen molar-refractivity contribution in [1.29, 1.82) is 0 Å². The number of ether oxygens (including phenoxy) is 1. The molecule has 226 valence electrons. The fourth-order valence-electron chi connectivity index (χ4n) is 5.12. The second kappa shape index (κ2) is 15.4. The van der Waals surface area contributed by atoms with E-state index in [1.165, 1.54) is 0 Å². The number of H-pyrrole nitrogens is 1. The zero-order valence-electron chi connectivity index (χ0n) is 24.1. The van der Waals surface area contributed by atoms with Gasteiger partial charge < -0.3 is 25.5 Å². The van der Waals surface area contributed by atoms with Gasteiger partial charge in [-0.2, -0.15) is 0 Å². The van der Waals surface area contributed by atoms with Crippen molar-refractivity contribution in [1.82, 2.24) is 21.1 Å². The smallest absolute Gasteiger partial charge is 0.244 e. The van der Waals surface area contributed by atoms with Crippen LogP contribution in [0.15, 0.2) is 79.0 Å². The molecular formula is C33H38N4O6. The summed E-state index contributed by atoms with van der Waals surface area (Å²) in [6.45, 7) is 0.306. The molecule has 0 aliphatic rings. The number of carbonyl (C=O) groups is 3. The molecule has 43 heavy (non-hydrogen) atoms. The molecule has 4 rings (SSSR count). The number of fused-ring (bicyclic) bond motifs is 1. The fraction of sp³-hybridized carbons (Fsp3) is 0.303. The average Bonchev–Trinajstić information content (AvgIpc) is 3.43. The predicted octanol–water partition coefficient (Wildman–Crippen LogP) is 3.80. The molecule has 3 aromatic carbocycles. The second-order valence-corrected chi connectivity index (χ2v) is 10.5. The van der Waals surface area contributed by atoms with E-state index in [9.17, 15) is 19.5 Å². The van der Waals surface area contributed by atoms with Crippen LogP contribution in [-0.4, -0.2) is 52.7 Å². The fourth-order valence-corrected chi connectivity index (χ4v) is 5.12. The van der Waals surface area contributed by atoms with Gasteiger partial charge in [-0.1, -0.05) is 42.5 Å². The number of benzene rings is 3. The molecule has 3 amide bonds. The SMILES string of the molecule is COc1ccc(CCC[C@@H](CC(=O)NO)C(=O)N[C@H](Cc2c[nH]c3ccccc23)C(=O)NCCc2cccc(O)c2)cc1. The molecule has 0 radical (unpaired) electrons. The van der Waals surface area contributed by atoms with Crippen molar-refractivity contribution >= 4 is 28.6 Å². The van der Waals surface area contributed by atoms with Crippen molar-refractivity contribution < 1.29 is 29.4 Å². The Morgan fingerprint density at radius 3 is 2.47 bits per heavy atom. The lowest BCUT2D eigenvalue weighted by Gasteiger charge is -2.22. The van der Waals surface area contributed by atoms with E-state index in [-0.39, 0.29) is 24.5 Å². The van der Waals surface area contributed by atoms with Crippen LogP contribution in [0.5, 0.6) is 11.5 Å². The third-order valence-electron chi connectivity index (χ3n) is 7.46. The Hall–Kier alpha value is -4.83. The minimum Gasteiger partial charge on any atom is -0.508 e. The Labute approximate surface area is 250 Å². The van der Waals surface area contributed by atoms with Crippen molar-refractivity contribution in [3.05, 3.63) is 95.7 Å². The number of phenolic OH excluding ortho intramolecular Hbond substituents is 1. The van der Waals surface area contributed by atoms with Crippen molar-refractivity contribution in [3.8, 4) is 11.5 Å². The third kappa shape index (κ3) is 9.08. The van der Waals surface area contributed by atoms with Crippen LogP contribution in [-0.2, 0) is 33.6 Å². The van der Waals surface area contributed by atoms with Crippen molar-refractivity contribution in [2.75, 3.05) is 13.7 Å². The molecule has 0 aliphatic heterocycles. The van der Waals surface area contributed by atoms with E-state index in [4.69, 9.17) is 9.94 Å². The van der Waals surface area contributed by atoms with Gasteiger partial charge >= 0.3 is 0 Å². The van der Waals surface area contributed by atoms with Crippen LogP contribution in [0.2, 0.25) is 0 Å². The molecule has 1 aromatic heterocycles. The van der Waals surface area contributed by atoms with Crippen LogP contribution in [0.25, 0.3) is 10.9 Å². The molecule has 0 aliphatic carbocycles. The number of aromatic hydroxyl groups is 1. The van der Waals surface area contributed by atoms with Crippen LogP contribution in [0.1, 0.15) is 36.0 Å². The Morgan fingerprint density at radius 2 is 1.72 bits per heavy atom. The Kier molecular flexibility index (Phi) is 11.2. The normalized spacial score (nSPS) is 12.3. The molecule has 10 nitrogen and oxygen atoms in total. The number of aromatic nitrogens is 1. The lowest BCUT2D eigenvalue weighted by Crippen LogP contribution is -2.50. The minimum atomic E-state index is -0.905. The Morgan fingerprint density at radius 1 is 0.930 bits per heavy atom. The van der Waals surface area contributed by atoms with Crippen LogP contribution in [0, 0.1) is 5.92 Å². The minimum absolute atomic E-state index is 0.151. The van der Waals surface area contributed by atoms with Crippen LogP contribution in [0.4, 0.5) is 0 Å². The van der Waals surface area contributed by atoms with Crippen molar-refractivity contribution in [2.45, 2.75) is 44.6 Å². The van der Waals surface area contributed by atoms with Gasteiger partial charge in [0, 0.05) is 42.4 Å². The van der Waals surface area contributed by atoms with E-state index < -0.39 is 23.8 Å². The largest absolute Gasteiger partial charge is 0.508 e. The predicted molar refractivity (Wildman–Crippen MR) is 163 cm³/mol. The quantitative estimate of drug-likeness (QED) is 0.0921. The van der Waals surface area contributed by atoms with E-state index >= 15 is 0 Å². The van der Waals surface area contributed by atoms with Gasteiger partial charge in [-0.3, -0.25) is 19.6 Å². The number of carbonyl (C=O) groups excluding carboxylic acids is 3. The molecule has 0 bridgehead atoms. The highest BCUT2D eigenvalue weighted by Gasteiger charge is 2.28. The second-order valence-electron chi connectivity index (χ2n) is 10.5. The number of para-hydroxylation sites is 1. The number of aryl methyl sites for hydroxylation is 1. The van der Waals surface area contributed by atoms with Crippen LogP contribution >= 0.6 is 0 Å². The van der Waals surface area contributed by atoms with Crippen LogP contribution in [0.3, 0.4) is 0 Å². The number of hydrogen-bond acceptors (Lipinski definition) is 6. The third-order valence-corrected chi connectivity index (χ3v) is 7.46. The topological polar surface area (TPSA) is 153 Å². The maximum absolute atomic E-state index is 13.6. The zero-order chi connectivity index (χ0) is 30.6. The van der Waals surface area contributed by atoms with Gasteiger partial charge in [0.2, 0.25) is 17.7 Å². The van der Waals surface area contributed by atoms with Gasteiger partial charge in [-0.05, 0) is 72.7 Å². The number of hydroxylamine groups is 1. The number of amides is 3. The summed E-state index contributed by atoms with van der Waals surface area (Å²) in [5.41, 5.74) is 5.34. The van der Waals surface area contributed by atoms with Gasteiger partial charge in [0.15, 0.2) is 0 Å². The lowest BCUT2D eigenvalue weighted by molar-refractivity contribution is -0.136. The maximum atomic E-state index is 13.6. The molecule has 4 aromatic rings. The molecule has 0 saturated heterocycles. The molecule has 6 N–H and O–H groups in total. The van der Waals surface area contributed by atoms with E-state index in [1.807, 2.05) is 60.8 Å². The average molecular weight is 587 g/mol. The summed E-state index contributed by atoms with van der Waals surface area (Å²) >= 11 is 0. The molecule has 1 heterocycles. The van der Waals surface area contributed by atoms with Gasteiger partial charge in [-0.25, -0.2) is 5.48 Å². The molecule has 0 saturated carbocycles. The number of rotatable bonds is 15. The highest BCUT2D eigenvalue weighted by molar-refractivity contribution is 5.91. The first kappa shape index (κ1) is 31.1. The van der Waals surface area contributed by atoms with Gasteiger partial charge in [-0.15, -0.1) is 0 Å². The number of methoxy groups -OCH3 is 1. The Bertz CT molecular complexity index is 1520. The molecule has 0 fully saturated rings. The molecule has 0 unspecified atom stereocenters. The zero-order valence-corrected chi connectivity index (χ0v) is 24.1. The first-order chi connectivity index (χ1) is 20.9. The summed E-state index contributed by atoms with van der Waals surface area (Å²) < 4.78 is 5.20. The summed E-state index contributed by atoms with van der Waals surface area (Å²) in [5.74, 6) is -1.32. The standard InChI is InChI=1S/C33H38N4O6/c1-43-27-14-12-22(13-15-27)6-4-8-24(20-31(39)37-42)32(40)36-30(19-25-21-35-29-11-3-2-10-28(25)29)33(41)34-17-16-23-7-5-9-26(38)18-23/h2-3,5,7,9-15,18,21,24,30,35,38,42H,4,6,8,16-17,19-20H2,1H3,(H,34,41)(H,36,40)(H,37,39)/t24-,30+/m0/s1. The molecular weight excluding hydrogens is 548 g/mol. The van der Waals surface area contributed by atoms with E-state index in [2.05, 4.69) is 15.6 Å². The molecule has 2 atom stereocenters. The number of aromatic amines is 1. The molecule has 0 spiro atoms. The van der Waals surface area contributed by atoms with Gasteiger partial charge in [0.05, 0.1) is 7.11 Å². The van der Waals surface area contributed by atoms with E-state index in [0.29, 0.717) is 32.2 Å². The van der Waals surface area contributed by atoms with Crippen molar-refractivity contribution in [3.63, 3.8) is 0 Å². The highest BCUT2D eigenvalue weighted by Crippen LogP contribution is 2.21. The summed E-state index contributed by atoms with van der Waals surface area (Å²) in [4.78, 5) is 42.3. The van der Waals surface area contributed by atoms with Crippen molar-refractivity contribution in [2.24, 2.45) is 5.92 Å². The monoisotopic (exact) mass is 586 g/mol. The number of phenols is 1. The number of nitrogens with one attached hydrogen (secondary N) is 4. The molecule has 10 heteroatoms. The highest BCUT2D eigenvalue weighted by atomic mass is 16.5. The number of hydrogen-bond donors (Lipinski definition) is 6. The van der Waals surface area contributed by atoms with E-state index in [0.717, 1.165) is 33.3 Å². The summed E-state index contributed by atoms with van der Waals surface area (Å²) in [7, 11) is 1.60. The first-order valence-electron chi connectivity index (χ1n) is 14.3. The first-order valence-corrected chi connectivity index (χ1v) is 14.3. The summed E-state index contributed by atoms with van der Waals surface area (Å²) in [6, 6.07) is 21.3. The van der Waals surface area contributed by atoms with Gasteiger partial charge in [0.1, 0.15) is 17.5 Å². The van der Waals surface area contributed by atoms with E-state index in [1.54, 1.807) is 30.8 Å². The summed E-state index contributed by atoms with van der Waals surface area (Å²) in [6.07, 6.45) is 4.02. The van der Waals surface area contributed by atoms with Crippen LogP contribution < -0.4 is 20.9 Å². The van der Waals surface area contributed by atoms with Gasteiger partial charge in [0.25, 0.3) is 0 Å². The lowest BCUT2D eigenvalue weighted by atomic mass is 9.94. The Balaban J connectivity index is 1.45.